The Morgan fingerprint density at radius 1 is 1.20 bits per heavy atom. The average molecular weight is 377 g/mol. The van der Waals surface area contributed by atoms with Crippen LogP contribution in [0.5, 0.6) is 5.75 Å². The second kappa shape index (κ2) is 7.76. The minimum atomic E-state index is -0.334. The van der Waals surface area contributed by atoms with Crippen molar-refractivity contribution in [1.29, 1.82) is 0 Å². The van der Waals surface area contributed by atoms with Gasteiger partial charge in [0.2, 0.25) is 0 Å². The van der Waals surface area contributed by atoms with Crippen LogP contribution in [-0.4, -0.2) is 11.0 Å². The molecule has 7 heteroatoms. The van der Waals surface area contributed by atoms with Gasteiger partial charge >= 0.3 is 5.97 Å². The summed E-state index contributed by atoms with van der Waals surface area (Å²) in [5.74, 6) is -0.0615. The van der Waals surface area contributed by atoms with E-state index in [0.717, 1.165) is 14.8 Å². The summed E-state index contributed by atoms with van der Waals surface area (Å²) in [6, 6.07) is 7.66. The number of ether oxygens (including phenoxy) is 2. The molecular weight excluding hydrogens is 361 g/mol. The maximum Gasteiger partial charge on any atom is 0.339 e. The summed E-state index contributed by atoms with van der Waals surface area (Å²) < 4.78 is 23.7. The maximum atomic E-state index is 12.8. The first-order chi connectivity index (χ1) is 12.0. The number of aromatic nitrogens is 1. The molecule has 0 radical (unpaired) electrons. The van der Waals surface area contributed by atoms with Crippen LogP contribution in [0.2, 0.25) is 0 Å². The highest BCUT2D eigenvalue weighted by molar-refractivity contribution is 7.12. The van der Waals surface area contributed by atoms with Crippen LogP contribution >= 0.6 is 22.7 Å². The number of halogens is 1. The van der Waals surface area contributed by atoms with Crippen LogP contribution < -0.4 is 4.74 Å². The molecule has 3 rings (SSSR count). The molecule has 0 amide bonds. The van der Waals surface area contributed by atoms with E-state index in [9.17, 15) is 9.18 Å². The molecule has 0 unspecified atom stereocenters. The lowest BCUT2D eigenvalue weighted by Crippen LogP contribution is -2.05. The smallest absolute Gasteiger partial charge is 0.339 e. The van der Waals surface area contributed by atoms with E-state index in [2.05, 4.69) is 4.98 Å². The molecule has 2 heterocycles. The van der Waals surface area contributed by atoms with Gasteiger partial charge < -0.3 is 9.47 Å². The van der Waals surface area contributed by atoms with Crippen molar-refractivity contribution >= 4 is 28.6 Å². The van der Waals surface area contributed by atoms with Gasteiger partial charge in [-0.1, -0.05) is 0 Å². The van der Waals surface area contributed by atoms with E-state index in [4.69, 9.17) is 9.47 Å². The number of carbonyl (C=O) groups is 1. The van der Waals surface area contributed by atoms with Crippen molar-refractivity contribution in [1.82, 2.24) is 4.98 Å². The molecule has 0 atom stereocenters. The maximum absolute atomic E-state index is 12.8. The molecule has 2 aromatic heterocycles. The van der Waals surface area contributed by atoms with E-state index < -0.39 is 0 Å². The minimum Gasteiger partial charge on any atom is -0.486 e. The van der Waals surface area contributed by atoms with Crippen LogP contribution in [0.25, 0.3) is 0 Å². The Morgan fingerprint density at radius 3 is 2.64 bits per heavy atom. The number of carbonyl (C=O) groups excluding carboxylic acids is 1. The molecule has 0 aliphatic heterocycles. The zero-order valence-corrected chi connectivity index (χ0v) is 15.4. The van der Waals surface area contributed by atoms with Crippen molar-refractivity contribution in [2.75, 3.05) is 0 Å². The predicted molar refractivity (Wildman–Crippen MR) is 95.8 cm³/mol. The van der Waals surface area contributed by atoms with Crippen molar-refractivity contribution in [3.05, 3.63) is 67.5 Å². The molecule has 0 fully saturated rings. The Morgan fingerprint density at radius 2 is 1.96 bits per heavy atom. The molecule has 0 aliphatic carbocycles. The largest absolute Gasteiger partial charge is 0.486 e. The van der Waals surface area contributed by atoms with E-state index in [-0.39, 0.29) is 25.0 Å². The van der Waals surface area contributed by atoms with E-state index in [0.29, 0.717) is 17.0 Å². The highest BCUT2D eigenvalue weighted by Gasteiger charge is 2.14. The first-order valence-electron chi connectivity index (χ1n) is 7.57. The molecule has 4 nitrogen and oxygen atoms in total. The topological polar surface area (TPSA) is 48.4 Å². The highest BCUT2D eigenvalue weighted by Crippen LogP contribution is 2.22. The van der Waals surface area contributed by atoms with Crippen molar-refractivity contribution < 1.29 is 18.7 Å². The van der Waals surface area contributed by atoms with E-state index in [1.807, 2.05) is 25.3 Å². The number of hydrogen-bond acceptors (Lipinski definition) is 6. The monoisotopic (exact) mass is 377 g/mol. The zero-order chi connectivity index (χ0) is 17.8. The summed E-state index contributed by atoms with van der Waals surface area (Å²) in [6.45, 7) is 4.28. The van der Waals surface area contributed by atoms with Crippen molar-refractivity contribution in [3.8, 4) is 5.75 Å². The number of thiazole rings is 1. The number of rotatable bonds is 6. The van der Waals surface area contributed by atoms with Crippen LogP contribution in [0.3, 0.4) is 0 Å². The Labute approximate surface area is 152 Å². The normalized spacial score (nSPS) is 10.7. The Kier molecular flexibility index (Phi) is 5.45. The Balaban J connectivity index is 1.52. The van der Waals surface area contributed by atoms with Crippen molar-refractivity contribution in [2.24, 2.45) is 0 Å². The van der Waals surface area contributed by atoms with Gasteiger partial charge in [0.25, 0.3) is 0 Å². The van der Waals surface area contributed by atoms with Gasteiger partial charge in [-0.2, -0.15) is 0 Å². The fourth-order valence-corrected chi connectivity index (χ4v) is 3.81. The van der Waals surface area contributed by atoms with E-state index >= 15 is 0 Å². The lowest BCUT2D eigenvalue weighted by molar-refractivity contribution is 0.0468. The quantitative estimate of drug-likeness (QED) is 0.574. The Bertz CT molecular complexity index is 871. The lowest BCUT2D eigenvalue weighted by atomic mass is 10.2. The van der Waals surface area contributed by atoms with Gasteiger partial charge in [-0.25, -0.2) is 14.2 Å². The molecule has 0 bridgehead atoms. The summed E-state index contributed by atoms with van der Waals surface area (Å²) >= 11 is 3.00. The Hall–Kier alpha value is -2.25. The van der Waals surface area contributed by atoms with Gasteiger partial charge in [-0.3, -0.25) is 0 Å². The van der Waals surface area contributed by atoms with Crippen LogP contribution in [0.4, 0.5) is 4.39 Å². The zero-order valence-electron chi connectivity index (χ0n) is 13.7. The third-order valence-corrected chi connectivity index (χ3v) is 5.22. The van der Waals surface area contributed by atoms with Gasteiger partial charge in [0.05, 0.1) is 11.3 Å². The van der Waals surface area contributed by atoms with Gasteiger partial charge in [-0.15, -0.1) is 22.7 Å². The van der Waals surface area contributed by atoms with Gasteiger partial charge in [-0.05, 0) is 44.2 Å². The summed E-state index contributed by atoms with van der Waals surface area (Å²) in [7, 11) is 0. The first-order valence-corrected chi connectivity index (χ1v) is 9.26. The third-order valence-electron chi connectivity index (χ3n) is 3.39. The second-order valence-corrected chi connectivity index (χ2v) is 7.78. The summed E-state index contributed by atoms with van der Waals surface area (Å²) in [6.07, 6.45) is 0. The highest BCUT2D eigenvalue weighted by atomic mass is 32.1. The SMILES string of the molecule is Cc1cc(C(=O)OCc2csc(COc3ccc(F)cc3)n2)c(C)s1. The molecule has 0 saturated heterocycles. The number of thiophene rings is 1. The summed E-state index contributed by atoms with van der Waals surface area (Å²) in [5.41, 5.74) is 1.29. The molecule has 0 aliphatic rings. The molecule has 0 saturated carbocycles. The number of aryl methyl sites for hydroxylation is 2. The standard InChI is InChI=1S/C18H16FNO3S2/c1-11-7-16(12(2)25-11)18(21)23-8-14-10-24-17(20-14)9-22-15-5-3-13(19)4-6-15/h3-7,10H,8-9H2,1-2H3. The van der Waals surface area contributed by atoms with E-state index in [1.54, 1.807) is 23.5 Å². The molecule has 1 aromatic carbocycles. The number of hydrogen-bond donors (Lipinski definition) is 0. The van der Waals surface area contributed by atoms with Crippen LogP contribution in [-0.2, 0) is 18.0 Å². The van der Waals surface area contributed by atoms with Gasteiger partial charge in [0, 0.05) is 15.1 Å². The molecule has 3 aromatic rings. The number of nitrogens with zero attached hydrogens (tertiary/aromatic N) is 1. The average Bonchev–Trinajstić information content (AvgIpc) is 3.18. The van der Waals surface area contributed by atoms with Gasteiger partial charge in [0.15, 0.2) is 0 Å². The fourth-order valence-electron chi connectivity index (χ4n) is 2.21. The number of benzene rings is 1. The second-order valence-electron chi connectivity index (χ2n) is 5.38. The lowest BCUT2D eigenvalue weighted by Gasteiger charge is -2.03. The van der Waals surface area contributed by atoms with Crippen LogP contribution in [0.1, 0.15) is 30.8 Å². The molecule has 130 valence electrons. The molecule has 0 N–H and O–H groups in total. The third kappa shape index (κ3) is 4.64. The van der Waals surface area contributed by atoms with Gasteiger partial charge in [0.1, 0.15) is 29.8 Å². The summed E-state index contributed by atoms with van der Waals surface area (Å²) in [4.78, 5) is 18.5. The van der Waals surface area contributed by atoms with Crippen molar-refractivity contribution in [2.45, 2.75) is 27.1 Å². The summed E-state index contributed by atoms with van der Waals surface area (Å²) in [5, 5.41) is 2.60. The molecular formula is C18H16FNO3S2. The van der Waals surface area contributed by atoms with Crippen LogP contribution in [0.15, 0.2) is 35.7 Å². The molecule has 25 heavy (non-hydrogen) atoms. The first kappa shape index (κ1) is 17.6. The minimum absolute atomic E-state index is 0.125. The number of esters is 1. The van der Waals surface area contributed by atoms with Crippen LogP contribution in [0, 0.1) is 19.7 Å². The predicted octanol–water partition coefficient (Wildman–Crippen LogP) is 4.90. The van der Waals surface area contributed by atoms with Crippen molar-refractivity contribution in [3.63, 3.8) is 0 Å². The fraction of sp³-hybridized carbons (Fsp3) is 0.222. The van der Waals surface area contributed by atoms with E-state index in [1.165, 1.54) is 23.5 Å². The molecule has 0 spiro atoms.